The summed E-state index contributed by atoms with van der Waals surface area (Å²) in [6.45, 7) is 0. The lowest BCUT2D eigenvalue weighted by Gasteiger charge is -2.07. The van der Waals surface area contributed by atoms with Crippen LogP contribution >= 0.6 is 0 Å². The number of hydrogen-bond donors (Lipinski definition) is 2. The van der Waals surface area contributed by atoms with Crippen LogP contribution in [0.4, 0.5) is 5.69 Å². The van der Waals surface area contributed by atoms with Crippen molar-refractivity contribution in [3.8, 4) is 0 Å². The molecule has 0 amide bonds. The first-order valence-electron chi connectivity index (χ1n) is 5.75. The van der Waals surface area contributed by atoms with E-state index in [1.165, 1.54) is 18.2 Å². The average molecular weight is 290 g/mol. The smallest absolute Gasteiger partial charge is 0.408 e. The van der Waals surface area contributed by atoms with Gasteiger partial charge in [0.15, 0.2) is 5.58 Å². The molecule has 0 unspecified atom stereocenters. The maximum atomic E-state index is 12.2. The van der Waals surface area contributed by atoms with E-state index < -0.39 is 15.8 Å². The van der Waals surface area contributed by atoms with Gasteiger partial charge >= 0.3 is 5.76 Å². The van der Waals surface area contributed by atoms with Crippen LogP contribution in [0, 0.1) is 0 Å². The second-order valence-corrected chi connectivity index (χ2v) is 5.83. The third-order valence-corrected chi connectivity index (χ3v) is 4.11. The number of oxazole rings is 1. The van der Waals surface area contributed by atoms with Gasteiger partial charge in [0.25, 0.3) is 10.0 Å². The van der Waals surface area contributed by atoms with Gasteiger partial charge < -0.3 is 4.42 Å². The normalized spacial score (nSPS) is 11.6. The SMILES string of the molecule is O=c1[nH]c2ccc(S(=O)(=O)Nc3ccccc3)cc2o1. The van der Waals surface area contributed by atoms with Crippen molar-refractivity contribution in [2.75, 3.05) is 4.72 Å². The largest absolute Gasteiger partial charge is 0.417 e. The highest BCUT2D eigenvalue weighted by molar-refractivity contribution is 7.92. The van der Waals surface area contributed by atoms with Crippen molar-refractivity contribution in [3.05, 3.63) is 59.1 Å². The Labute approximate surface area is 114 Å². The molecule has 20 heavy (non-hydrogen) atoms. The van der Waals surface area contributed by atoms with Gasteiger partial charge in [0.2, 0.25) is 0 Å². The maximum Gasteiger partial charge on any atom is 0.417 e. The van der Waals surface area contributed by atoms with E-state index in [0.717, 1.165) is 0 Å². The number of rotatable bonds is 3. The van der Waals surface area contributed by atoms with Crippen LogP contribution in [0.2, 0.25) is 0 Å². The van der Waals surface area contributed by atoms with Crippen LogP contribution in [0.15, 0.2) is 62.6 Å². The van der Waals surface area contributed by atoms with Crippen LogP contribution in [-0.4, -0.2) is 13.4 Å². The molecule has 0 radical (unpaired) electrons. The number of aromatic amines is 1. The molecule has 102 valence electrons. The van der Waals surface area contributed by atoms with Crippen LogP contribution in [0.1, 0.15) is 0 Å². The van der Waals surface area contributed by atoms with E-state index in [-0.39, 0.29) is 10.5 Å². The number of benzene rings is 2. The standard InChI is InChI=1S/C13H10N2O4S/c16-13-14-11-7-6-10(8-12(11)19-13)20(17,18)15-9-4-2-1-3-5-9/h1-8,15H,(H,14,16). The van der Waals surface area contributed by atoms with Crippen LogP contribution in [-0.2, 0) is 10.0 Å². The predicted molar refractivity (Wildman–Crippen MR) is 74.1 cm³/mol. The molecule has 1 heterocycles. The molecule has 0 atom stereocenters. The van der Waals surface area contributed by atoms with Crippen molar-refractivity contribution in [2.24, 2.45) is 0 Å². The number of hydrogen-bond acceptors (Lipinski definition) is 4. The first-order chi connectivity index (χ1) is 9.54. The van der Waals surface area contributed by atoms with E-state index in [9.17, 15) is 13.2 Å². The molecular formula is C13H10N2O4S. The fourth-order valence-corrected chi connectivity index (χ4v) is 2.89. The van der Waals surface area contributed by atoms with Gasteiger partial charge in [0.1, 0.15) is 0 Å². The predicted octanol–water partition coefficient (Wildman–Crippen LogP) is 1.92. The maximum absolute atomic E-state index is 12.2. The van der Waals surface area contributed by atoms with Gasteiger partial charge in [-0.05, 0) is 24.3 Å². The van der Waals surface area contributed by atoms with Crippen molar-refractivity contribution in [1.82, 2.24) is 4.98 Å². The van der Waals surface area contributed by atoms with Gasteiger partial charge in [-0.3, -0.25) is 9.71 Å². The van der Waals surface area contributed by atoms with E-state index in [2.05, 4.69) is 9.71 Å². The topological polar surface area (TPSA) is 92.2 Å². The number of anilines is 1. The number of para-hydroxylation sites is 1. The summed E-state index contributed by atoms with van der Waals surface area (Å²) in [5.41, 5.74) is 1.11. The van der Waals surface area contributed by atoms with Crippen LogP contribution in [0.3, 0.4) is 0 Å². The minimum atomic E-state index is -3.72. The van der Waals surface area contributed by atoms with Crippen molar-refractivity contribution in [1.29, 1.82) is 0 Å². The second-order valence-electron chi connectivity index (χ2n) is 4.14. The molecule has 0 aliphatic rings. The Kier molecular flexibility index (Phi) is 2.83. The quantitative estimate of drug-likeness (QED) is 0.770. The van der Waals surface area contributed by atoms with Gasteiger partial charge in [-0.25, -0.2) is 13.2 Å². The highest BCUT2D eigenvalue weighted by atomic mass is 32.2. The Morgan fingerprint density at radius 3 is 2.55 bits per heavy atom. The monoisotopic (exact) mass is 290 g/mol. The molecule has 3 rings (SSSR count). The molecular weight excluding hydrogens is 280 g/mol. The Hall–Kier alpha value is -2.54. The third-order valence-electron chi connectivity index (χ3n) is 2.73. The van der Waals surface area contributed by atoms with E-state index in [1.807, 2.05) is 0 Å². The van der Waals surface area contributed by atoms with Crippen molar-refractivity contribution < 1.29 is 12.8 Å². The number of aromatic nitrogens is 1. The fourth-order valence-electron chi connectivity index (χ4n) is 1.81. The van der Waals surface area contributed by atoms with Crippen LogP contribution < -0.4 is 10.5 Å². The number of H-pyrrole nitrogens is 1. The van der Waals surface area contributed by atoms with Crippen molar-refractivity contribution in [3.63, 3.8) is 0 Å². The Bertz CT molecular complexity index is 910. The minimum Gasteiger partial charge on any atom is -0.408 e. The molecule has 0 saturated heterocycles. The van der Waals surface area contributed by atoms with E-state index in [0.29, 0.717) is 11.2 Å². The third kappa shape index (κ3) is 2.30. The lowest BCUT2D eigenvalue weighted by molar-refractivity contribution is 0.554. The summed E-state index contributed by atoms with van der Waals surface area (Å²) in [7, 11) is -3.72. The molecule has 6 nitrogen and oxygen atoms in total. The number of nitrogens with one attached hydrogen (secondary N) is 2. The lowest BCUT2D eigenvalue weighted by atomic mass is 10.3. The fraction of sp³-hybridized carbons (Fsp3) is 0. The summed E-state index contributed by atoms with van der Waals surface area (Å²) >= 11 is 0. The van der Waals surface area contributed by atoms with Gasteiger partial charge in [-0.2, -0.15) is 0 Å². The zero-order chi connectivity index (χ0) is 14.2. The first kappa shape index (κ1) is 12.5. The minimum absolute atomic E-state index is 0.0246. The summed E-state index contributed by atoms with van der Waals surface area (Å²) in [6.07, 6.45) is 0. The summed E-state index contributed by atoms with van der Waals surface area (Å²) in [4.78, 5) is 13.5. The van der Waals surface area contributed by atoms with Gasteiger partial charge in [0.05, 0.1) is 10.4 Å². The second kappa shape index (κ2) is 4.53. The molecule has 1 aromatic heterocycles. The Balaban J connectivity index is 2.02. The molecule has 0 spiro atoms. The molecule has 0 bridgehead atoms. The summed E-state index contributed by atoms with van der Waals surface area (Å²) in [5.74, 6) is -0.620. The molecule has 3 aromatic rings. The highest BCUT2D eigenvalue weighted by Gasteiger charge is 2.15. The van der Waals surface area contributed by atoms with Crippen LogP contribution in [0.25, 0.3) is 11.1 Å². The van der Waals surface area contributed by atoms with Crippen molar-refractivity contribution in [2.45, 2.75) is 4.90 Å². The number of sulfonamides is 1. The molecule has 2 N–H and O–H groups in total. The summed E-state index contributed by atoms with van der Waals surface area (Å²) in [6, 6.07) is 12.7. The average Bonchev–Trinajstić information content (AvgIpc) is 2.78. The summed E-state index contributed by atoms with van der Waals surface area (Å²) < 4.78 is 31.7. The highest BCUT2D eigenvalue weighted by Crippen LogP contribution is 2.19. The molecule has 0 fully saturated rings. The van der Waals surface area contributed by atoms with Crippen molar-refractivity contribution >= 4 is 26.8 Å². The zero-order valence-electron chi connectivity index (χ0n) is 10.2. The van der Waals surface area contributed by atoms with Gasteiger partial charge in [-0.15, -0.1) is 0 Å². The number of fused-ring (bicyclic) bond motifs is 1. The van der Waals surface area contributed by atoms with E-state index in [1.54, 1.807) is 30.3 Å². The molecule has 0 saturated carbocycles. The zero-order valence-corrected chi connectivity index (χ0v) is 11.0. The lowest BCUT2D eigenvalue weighted by Crippen LogP contribution is -2.12. The molecule has 0 aliphatic heterocycles. The van der Waals surface area contributed by atoms with Gasteiger partial charge in [-0.1, -0.05) is 18.2 Å². The first-order valence-corrected chi connectivity index (χ1v) is 7.24. The van der Waals surface area contributed by atoms with E-state index in [4.69, 9.17) is 4.42 Å². The molecule has 2 aromatic carbocycles. The Morgan fingerprint density at radius 1 is 1.05 bits per heavy atom. The van der Waals surface area contributed by atoms with E-state index >= 15 is 0 Å². The van der Waals surface area contributed by atoms with Crippen LogP contribution in [0.5, 0.6) is 0 Å². The van der Waals surface area contributed by atoms with Gasteiger partial charge in [0, 0.05) is 11.8 Å². The molecule has 7 heteroatoms. The molecule has 0 aliphatic carbocycles. The Morgan fingerprint density at radius 2 is 1.80 bits per heavy atom. The summed E-state index contributed by atoms with van der Waals surface area (Å²) in [5, 5.41) is 0.